The van der Waals surface area contributed by atoms with Crippen molar-refractivity contribution < 1.29 is 9.15 Å². The fraction of sp³-hybridized carbons (Fsp3) is 0.250. The van der Waals surface area contributed by atoms with Crippen LogP contribution in [0.2, 0.25) is 0 Å². The molecule has 1 aromatic heterocycles. The quantitative estimate of drug-likeness (QED) is 0.634. The highest BCUT2D eigenvalue weighted by Gasteiger charge is 2.23. The van der Waals surface area contributed by atoms with Crippen molar-refractivity contribution in [3.8, 4) is 5.75 Å². The van der Waals surface area contributed by atoms with Gasteiger partial charge in [0, 0.05) is 17.1 Å². The lowest BCUT2D eigenvalue weighted by Crippen LogP contribution is -2.32. The predicted molar refractivity (Wildman–Crippen MR) is 94.8 cm³/mol. The van der Waals surface area contributed by atoms with E-state index in [-0.39, 0.29) is 5.63 Å². The normalized spacial score (nSPS) is 13.7. The number of hydrogen-bond donors (Lipinski definition) is 0. The zero-order valence-electron chi connectivity index (χ0n) is 14.1. The summed E-state index contributed by atoms with van der Waals surface area (Å²) in [7, 11) is 0. The molecule has 0 bridgehead atoms. The highest BCUT2D eigenvalue weighted by atomic mass is 16.5. The van der Waals surface area contributed by atoms with Crippen LogP contribution in [0.25, 0.3) is 11.0 Å². The van der Waals surface area contributed by atoms with E-state index < -0.39 is 0 Å². The molecule has 2 aromatic carbocycles. The summed E-state index contributed by atoms with van der Waals surface area (Å²) in [4.78, 5) is 14.0. The molecule has 1 aliphatic heterocycles. The largest absolute Gasteiger partial charge is 0.473 e. The van der Waals surface area contributed by atoms with Gasteiger partial charge in [-0.1, -0.05) is 17.7 Å². The Morgan fingerprint density at radius 1 is 1.00 bits per heavy atom. The van der Waals surface area contributed by atoms with Gasteiger partial charge in [0.05, 0.1) is 12.1 Å². The van der Waals surface area contributed by atoms with Crippen molar-refractivity contribution in [2.45, 2.75) is 27.3 Å². The lowest BCUT2D eigenvalue weighted by molar-refractivity contribution is 0.289. The summed E-state index contributed by atoms with van der Waals surface area (Å²) in [6.07, 6.45) is 0. The second-order valence-electron chi connectivity index (χ2n) is 6.43. The molecule has 2 heterocycles. The highest BCUT2D eigenvalue weighted by molar-refractivity contribution is 5.85. The van der Waals surface area contributed by atoms with Crippen molar-refractivity contribution in [1.82, 2.24) is 0 Å². The summed E-state index contributed by atoms with van der Waals surface area (Å²) >= 11 is 0. The average molecular weight is 321 g/mol. The molecule has 4 rings (SSSR count). The third-order valence-corrected chi connectivity index (χ3v) is 4.60. The second-order valence-corrected chi connectivity index (χ2v) is 6.43. The molecule has 4 nitrogen and oxygen atoms in total. The van der Waals surface area contributed by atoms with Gasteiger partial charge in [0.2, 0.25) is 0 Å². The minimum Gasteiger partial charge on any atom is -0.473 e. The van der Waals surface area contributed by atoms with Crippen molar-refractivity contribution in [3.05, 3.63) is 69.1 Å². The van der Waals surface area contributed by atoms with Crippen LogP contribution >= 0.6 is 0 Å². The Kier molecular flexibility index (Phi) is 3.34. The Labute approximate surface area is 140 Å². The summed E-state index contributed by atoms with van der Waals surface area (Å²) in [5.41, 5.74) is 5.75. The standard InChI is InChI=1S/C20H19NO3/c1-12-4-6-17(14(3)8-12)21-10-16-18(23-11-21)7-5-15-13(2)9-19(22)24-20(15)16/h4-9H,10-11H2,1-3H3. The molecular formula is C20H19NO3. The summed E-state index contributed by atoms with van der Waals surface area (Å²) < 4.78 is 11.4. The van der Waals surface area contributed by atoms with Crippen molar-refractivity contribution in [3.63, 3.8) is 0 Å². The SMILES string of the molecule is Cc1ccc(N2COc3ccc4c(C)cc(=O)oc4c3C2)c(C)c1. The fourth-order valence-corrected chi connectivity index (χ4v) is 3.41. The molecule has 0 saturated heterocycles. The molecule has 0 atom stereocenters. The van der Waals surface area contributed by atoms with Gasteiger partial charge in [0.15, 0.2) is 6.73 Å². The van der Waals surface area contributed by atoms with Crippen LogP contribution in [0.3, 0.4) is 0 Å². The Bertz CT molecular complexity index is 1000. The smallest absolute Gasteiger partial charge is 0.336 e. The zero-order chi connectivity index (χ0) is 16.8. The molecule has 3 aromatic rings. The highest BCUT2D eigenvalue weighted by Crippen LogP contribution is 2.35. The van der Waals surface area contributed by atoms with Gasteiger partial charge in [-0.25, -0.2) is 4.79 Å². The molecular weight excluding hydrogens is 302 g/mol. The minimum absolute atomic E-state index is 0.322. The Balaban J connectivity index is 1.84. The summed E-state index contributed by atoms with van der Waals surface area (Å²) in [6, 6.07) is 11.8. The summed E-state index contributed by atoms with van der Waals surface area (Å²) in [5, 5.41) is 0.958. The van der Waals surface area contributed by atoms with Crippen molar-refractivity contribution in [1.29, 1.82) is 0 Å². The third-order valence-electron chi connectivity index (χ3n) is 4.60. The maximum Gasteiger partial charge on any atom is 0.336 e. The number of hydrogen-bond acceptors (Lipinski definition) is 4. The zero-order valence-corrected chi connectivity index (χ0v) is 14.1. The van der Waals surface area contributed by atoms with Gasteiger partial charge in [-0.2, -0.15) is 0 Å². The number of ether oxygens (including phenoxy) is 1. The van der Waals surface area contributed by atoms with E-state index >= 15 is 0 Å². The first kappa shape index (κ1) is 14.8. The van der Waals surface area contributed by atoms with E-state index in [1.807, 2.05) is 19.1 Å². The van der Waals surface area contributed by atoms with Gasteiger partial charge in [0.25, 0.3) is 0 Å². The van der Waals surface area contributed by atoms with E-state index in [9.17, 15) is 4.79 Å². The lowest BCUT2D eigenvalue weighted by Gasteiger charge is -2.32. The van der Waals surface area contributed by atoms with Gasteiger partial charge in [-0.15, -0.1) is 0 Å². The van der Waals surface area contributed by atoms with E-state index in [0.717, 1.165) is 28.0 Å². The van der Waals surface area contributed by atoms with Crippen molar-refractivity contribution >= 4 is 16.7 Å². The van der Waals surface area contributed by atoms with Crippen LogP contribution in [0, 0.1) is 20.8 Å². The Morgan fingerprint density at radius 2 is 1.83 bits per heavy atom. The first-order chi connectivity index (χ1) is 11.5. The van der Waals surface area contributed by atoms with Gasteiger partial charge >= 0.3 is 5.63 Å². The number of nitrogens with zero attached hydrogens (tertiary/aromatic N) is 1. The summed E-state index contributed by atoms with van der Waals surface area (Å²) in [5.74, 6) is 0.789. The molecule has 0 fully saturated rings. The topological polar surface area (TPSA) is 42.7 Å². The monoisotopic (exact) mass is 321 g/mol. The molecule has 4 heteroatoms. The van der Waals surface area contributed by atoms with E-state index in [2.05, 4.69) is 36.9 Å². The van der Waals surface area contributed by atoms with Gasteiger partial charge in [-0.05, 0) is 50.1 Å². The summed E-state index contributed by atoms with van der Waals surface area (Å²) in [6.45, 7) is 7.26. The van der Waals surface area contributed by atoms with Crippen molar-refractivity contribution in [2.24, 2.45) is 0 Å². The predicted octanol–water partition coefficient (Wildman–Crippen LogP) is 4.07. The number of rotatable bonds is 1. The average Bonchev–Trinajstić information content (AvgIpc) is 2.54. The molecule has 24 heavy (non-hydrogen) atoms. The van der Waals surface area contributed by atoms with E-state index in [0.29, 0.717) is 18.9 Å². The molecule has 0 amide bonds. The second kappa shape index (κ2) is 5.41. The number of benzene rings is 2. The van der Waals surface area contributed by atoms with Crippen LogP contribution in [0.15, 0.2) is 45.6 Å². The molecule has 1 aliphatic rings. The molecule has 122 valence electrons. The number of aryl methyl sites for hydroxylation is 3. The molecule has 0 N–H and O–H groups in total. The van der Waals surface area contributed by atoms with Crippen LogP contribution in [0.4, 0.5) is 5.69 Å². The number of anilines is 1. The van der Waals surface area contributed by atoms with Gasteiger partial charge in [-0.3, -0.25) is 0 Å². The van der Waals surface area contributed by atoms with E-state index in [1.165, 1.54) is 17.2 Å². The maximum atomic E-state index is 11.8. The van der Waals surface area contributed by atoms with Crippen LogP contribution in [0.1, 0.15) is 22.3 Å². The van der Waals surface area contributed by atoms with E-state index in [1.54, 1.807) is 0 Å². The molecule has 0 spiro atoms. The first-order valence-electron chi connectivity index (χ1n) is 8.04. The minimum atomic E-state index is -0.322. The molecule has 0 aliphatic carbocycles. The first-order valence-corrected chi connectivity index (χ1v) is 8.04. The maximum absolute atomic E-state index is 11.8. The molecule has 0 unspecified atom stereocenters. The lowest BCUT2D eigenvalue weighted by atomic mass is 10.0. The molecule has 0 saturated carbocycles. The van der Waals surface area contributed by atoms with Crippen LogP contribution in [-0.4, -0.2) is 6.73 Å². The third kappa shape index (κ3) is 2.35. The Morgan fingerprint density at radius 3 is 2.62 bits per heavy atom. The van der Waals surface area contributed by atoms with Crippen LogP contribution < -0.4 is 15.3 Å². The van der Waals surface area contributed by atoms with Crippen molar-refractivity contribution in [2.75, 3.05) is 11.6 Å². The Hall–Kier alpha value is -2.75. The van der Waals surface area contributed by atoms with Crippen LogP contribution in [-0.2, 0) is 6.54 Å². The van der Waals surface area contributed by atoms with Crippen LogP contribution in [0.5, 0.6) is 5.75 Å². The van der Waals surface area contributed by atoms with Gasteiger partial charge < -0.3 is 14.1 Å². The molecule has 0 radical (unpaired) electrons. The fourth-order valence-electron chi connectivity index (χ4n) is 3.41. The number of fused-ring (bicyclic) bond motifs is 3. The van der Waals surface area contributed by atoms with Gasteiger partial charge in [0.1, 0.15) is 11.3 Å². The van der Waals surface area contributed by atoms with E-state index in [4.69, 9.17) is 9.15 Å².